The average Bonchev–Trinajstić information content (AvgIpc) is 2.50. The first-order valence-electron chi connectivity index (χ1n) is 6.55. The molecule has 0 fully saturated rings. The quantitative estimate of drug-likeness (QED) is 0.512. The molecule has 21 heavy (non-hydrogen) atoms. The number of halogens is 2. The van der Waals surface area contributed by atoms with Crippen molar-refractivity contribution in [2.24, 2.45) is 0 Å². The van der Waals surface area contributed by atoms with Gasteiger partial charge in [0.05, 0.1) is 0 Å². The van der Waals surface area contributed by atoms with Crippen molar-refractivity contribution in [2.45, 2.75) is 0 Å². The molecule has 3 aromatic rings. The molecule has 0 bridgehead atoms. The molecule has 2 N–H and O–H groups in total. The number of rotatable bonds is 2. The van der Waals surface area contributed by atoms with Crippen LogP contribution in [0.4, 0.5) is 5.69 Å². The summed E-state index contributed by atoms with van der Waals surface area (Å²) in [4.78, 5) is 0. The topological polar surface area (TPSA) is 26.0 Å². The number of nitrogens with two attached hydrogens (primary N) is 1. The maximum Gasteiger partial charge on any atom is 0.0394 e. The summed E-state index contributed by atoms with van der Waals surface area (Å²) in [6.07, 6.45) is 0. The van der Waals surface area contributed by atoms with Crippen LogP contribution in [0.5, 0.6) is 0 Å². The zero-order valence-corrected chi connectivity index (χ0v) is 14.4. The van der Waals surface area contributed by atoms with Gasteiger partial charge in [-0.25, -0.2) is 0 Å². The van der Waals surface area contributed by atoms with Crippen LogP contribution in [0.1, 0.15) is 0 Å². The molecule has 0 saturated heterocycles. The molecular formula is C18H13Br2N. The van der Waals surface area contributed by atoms with E-state index in [0.29, 0.717) is 0 Å². The van der Waals surface area contributed by atoms with Crippen LogP contribution < -0.4 is 5.73 Å². The van der Waals surface area contributed by atoms with Crippen LogP contribution in [0, 0.1) is 0 Å². The fraction of sp³-hybridized carbons (Fsp3) is 0. The average molecular weight is 403 g/mol. The largest absolute Gasteiger partial charge is 0.398 e. The second-order valence-electron chi connectivity index (χ2n) is 4.82. The first-order chi connectivity index (χ1) is 10.1. The molecule has 0 saturated carbocycles. The van der Waals surface area contributed by atoms with Crippen LogP contribution >= 0.6 is 31.9 Å². The molecule has 0 aliphatic heterocycles. The summed E-state index contributed by atoms with van der Waals surface area (Å²) in [5, 5.41) is 0. The molecule has 0 unspecified atom stereocenters. The predicted octanol–water partition coefficient (Wildman–Crippen LogP) is 6.13. The predicted molar refractivity (Wildman–Crippen MR) is 97.1 cm³/mol. The fourth-order valence-electron chi connectivity index (χ4n) is 2.26. The molecule has 3 aromatic carbocycles. The molecule has 0 aliphatic rings. The summed E-state index contributed by atoms with van der Waals surface area (Å²) in [6, 6.07) is 22.7. The number of benzene rings is 3. The van der Waals surface area contributed by atoms with Crippen molar-refractivity contribution in [3.63, 3.8) is 0 Å². The highest BCUT2D eigenvalue weighted by atomic mass is 79.9. The van der Waals surface area contributed by atoms with Crippen LogP contribution in [0.25, 0.3) is 22.3 Å². The second-order valence-corrected chi connectivity index (χ2v) is 6.65. The van der Waals surface area contributed by atoms with Crippen LogP contribution in [0.15, 0.2) is 75.7 Å². The van der Waals surface area contributed by atoms with E-state index in [1.807, 2.05) is 30.3 Å². The smallest absolute Gasteiger partial charge is 0.0394 e. The van der Waals surface area contributed by atoms with E-state index in [1.54, 1.807) is 0 Å². The van der Waals surface area contributed by atoms with Gasteiger partial charge >= 0.3 is 0 Å². The highest BCUT2D eigenvalue weighted by molar-refractivity contribution is 9.10. The molecule has 0 amide bonds. The standard InChI is InChI=1S/C18H13Br2N/c19-15-6-1-12(2-7-15)14-5-10-18(21)17(11-14)13-3-8-16(20)9-4-13/h1-11H,21H2. The van der Waals surface area contributed by atoms with Crippen molar-refractivity contribution < 1.29 is 0 Å². The lowest BCUT2D eigenvalue weighted by atomic mass is 9.98. The van der Waals surface area contributed by atoms with E-state index in [-0.39, 0.29) is 0 Å². The number of hydrogen-bond acceptors (Lipinski definition) is 1. The van der Waals surface area contributed by atoms with Gasteiger partial charge in [0.1, 0.15) is 0 Å². The van der Waals surface area contributed by atoms with Gasteiger partial charge in [0.2, 0.25) is 0 Å². The van der Waals surface area contributed by atoms with E-state index in [0.717, 1.165) is 31.3 Å². The Balaban J connectivity index is 2.07. The highest BCUT2D eigenvalue weighted by Gasteiger charge is 2.06. The summed E-state index contributed by atoms with van der Waals surface area (Å²) in [5.74, 6) is 0. The highest BCUT2D eigenvalue weighted by Crippen LogP contribution is 2.32. The van der Waals surface area contributed by atoms with E-state index in [9.17, 15) is 0 Å². The molecule has 1 nitrogen and oxygen atoms in total. The Morgan fingerprint density at radius 1 is 0.571 bits per heavy atom. The lowest BCUT2D eigenvalue weighted by molar-refractivity contribution is 1.56. The minimum atomic E-state index is 0.790. The molecule has 3 heteroatoms. The summed E-state index contributed by atoms with van der Waals surface area (Å²) >= 11 is 6.92. The van der Waals surface area contributed by atoms with Gasteiger partial charge < -0.3 is 5.73 Å². The lowest BCUT2D eigenvalue weighted by Gasteiger charge is -2.10. The SMILES string of the molecule is Nc1ccc(-c2ccc(Br)cc2)cc1-c1ccc(Br)cc1. The van der Waals surface area contributed by atoms with Gasteiger partial charge in [-0.15, -0.1) is 0 Å². The van der Waals surface area contributed by atoms with Crippen molar-refractivity contribution in [3.05, 3.63) is 75.7 Å². The minimum Gasteiger partial charge on any atom is -0.398 e. The zero-order chi connectivity index (χ0) is 14.8. The molecule has 3 rings (SSSR count). The van der Waals surface area contributed by atoms with Gasteiger partial charge in [-0.3, -0.25) is 0 Å². The fourth-order valence-corrected chi connectivity index (χ4v) is 2.79. The van der Waals surface area contributed by atoms with Gasteiger partial charge in [-0.1, -0.05) is 62.2 Å². The maximum absolute atomic E-state index is 6.14. The Kier molecular flexibility index (Phi) is 4.13. The van der Waals surface area contributed by atoms with E-state index in [4.69, 9.17) is 5.73 Å². The Morgan fingerprint density at radius 3 is 1.62 bits per heavy atom. The normalized spacial score (nSPS) is 10.6. The number of hydrogen-bond donors (Lipinski definition) is 1. The third-order valence-electron chi connectivity index (χ3n) is 3.39. The van der Waals surface area contributed by atoms with E-state index in [2.05, 4.69) is 68.3 Å². The van der Waals surface area contributed by atoms with E-state index < -0.39 is 0 Å². The summed E-state index contributed by atoms with van der Waals surface area (Å²) in [5.41, 5.74) is 11.4. The van der Waals surface area contributed by atoms with Crippen LogP contribution in [-0.2, 0) is 0 Å². The van der Waals surface area contributed by atoms with Gasteiger partial charge in [0.25, 0.3) is 0 Å². The maximum atomic E-state index is 6.14. The molecule has 0 spiro atoms. The monoisotopic (exact) mass is 401 g/mol. The second kappa shape index (κ2) is 6.04. The molecule has 0 heterocycles. The first-order valence-corrected chi connectivity index (χ1v) is 8.13. The molecule has 0 aromatic heterocycles. The van der Waals surface area contributed by atoms with Crippen LogP contribution in [-0.4, -0.2) is 0 Å². The molecular weight excluding hydrogens is 390 g/mol. The zero-order valence-electron chi connectivity index (χ0n) is 11.2. The third-order valence-corrected chi connectivity index (χ3v) is 4.44. The Labute approximate surface area is 141 Å². The van der Waals surface area contributed by atoms with Gasteiger partial charge in [0.15, 0.2) is 0 Å². The van der Waals surface area contributed by atoms with Gasteiger partial charge in [0, 0.05) is 20.2 Å². The summed E-state index contributed by atoms with van der Waals surface area (Å²) in [6.45, 7) is 0. The Morgan fingerprint density at radius 2 is 1.05 bits per heavy atom. The van der Waals surface area contributed by atoms with Crippen molar-refractivity contribution in [1.82, 2.24) is 0 Å². The molecule has 0 aliphatic carbocycles. The van der Waals surface area contributed by atoms with Crippen molar-refractivity contribution in [3.8, 4) is 22.3 Å². The van der Waals surface area contributed by atoms with Crippen molar-refractivity contribution >= 4 is 37.5 Å². The van der Waals surface area contributed by atoms with Gasteiger partial charge in [-0.2, -0.15) is 0 Å². The summed E-state index contributed by atoms with van der Waals surface area (Å²) in [7, 11) is 0. The Bertz CT molecular complexity index is 762. The molecule has 0 atom stereocenters. The van der Waals surface area contributed by atoms with Crippen LogP contribution in [0.3, 0.4) is 0 Å². The lowest BCUT2D eigenvalue weighted by Crippen LogP contribution is -1.91. The van der Waals surface area contributed by atoms with Gasteiger partial charge in [-0.05, 0) is 53.1 Å². The first kappa shape index (κ1) is 14.4. The molecule has 0 radical (unpaired) electrons. The minimum absolute atomic E-state index is 0.790. The third kappa shape index (κ3) is 3.20. The van der Waals surface area contributed by atoms with Crippen molar-refractivity contribution in [2.75, 3.05) is 5.73 Å². The molecule has 104 valence electrons. The number of nitrogen functional groups attached to an aromatic ring is 1. The van der Waals surface area contributed by atoms with Crippen LogP contribution in [0.2, 0.25) is 0 Å². The Hall–Kier alpha value is -1.58. The van der Waals surface area contributed by atoms with E-state index >= 15 is 0 Å². The summed E-state index contributed by atoms with van der Waals surface area (Å²) < 4.78 is 2.14. The van der Waals surface area contributed by atoms with Crippen molar-refractivity contribution in [1.29, 1.82) is 0 Å². The van der Waals surface area contributed by atoms with E-state index in [1.165, 1.54) is 5.56 Å². The number of anilines is 1.